The third-order valence-electron chi connectivity index (χ3n) is 6.92. The Kier molecular flexibility index (Phi) is 8.41. The zero-order valence-electron chi connectivity index (χ0n) is 21.6. The summed E-state index contributed by atoms with van der Waals surface area (Å²) in [5.74, 6) is -1.33. The molecule has 40 heavy (non-hydrogen) atoms. The molecule has 8 nitrogen and oxygen atoms in total. The van der Waals surface area contributed by atoms with Crippen LogP contribution in [0.25, 0.3) is 0 Å². The third-order valence-corrected chi connectivity index (χ3v) is 10.2. The van der Waals surface area contributed by atoms with E-state index in [1.807, 2.05) is 60.7 Å². The van der Waals surface area contributed by atoms with Crippen LogP contribution in [0.3, 0.4) is 0 Å². The Morgan fingerprint density at radius 1 is 0.875 bits per heavy atom. The average Bonchev–Trinajstić information content (AvgIpc) is 3.55. The maximum Gasteiger partial charge on any atom is 0.253 e. The van der Waals surface area contributed by atoms with Gasteiger partial charge in [0.05, 0.1) is 12.5 Å². The molecule has 5 rings (SSSR count). The molecule has 4 aromatic rings. The van der Waals surface area contributed by atoms with E-state index in [2.05, 4.69) is 5.32 Å². The van der Waals surface area contributed by atoms with Crippen molar-refractivity contribution in [3.8, 4) is 0 Å². The number of aliphatic hydroxyl groups excluding tert-OH is 1. The molecule has 206 valence electrons. The molecule has 0 spiro atoms. The van der Waals surface area contributed by atoms with Crippen molar-refractivity contribution in [3.63, 3.8) is 0 Å². The molecule has 0 radical (unpaired) electrons. The molecule has 0 aliphatic carbocycles. The summed E-state index contributed by atoms with van der Waals surface area (Å²) in [4.78, 5) is 29.3. The molecule has 2 heterocycles. The van der Waals surface area contributed by atoms with Crippen LogP contribution in [-0.2, 0) is 26.2 Å². The average molecular weight is 576 g/mol. The van der Waals surface area contributed by atoms with Crippen LogP contribution < -0.4 is 5.32 Å². The quantitative estimate of drug-likeness (QED) is 0.331. The first kappa shape index (κ1) is 27.7. The minimum absolute atomic E-state index is 0.0240. The number of carbonyl (C=O) groups is 2. The number of thiophene rings is 1. The summed E-state index contributed by atoms with van der Waals surface area (Å²) in [5.41, 5.74) is 2.78. The van der Waals surface area contributed by atoms with Gasteiger partial charge in [-0.05, 0) is 40.3 Å². The predicted molar refractivity (Wildman–Crippen MR) is 154 cm³/mol. The highest BCUT2D eigenvalue weighted by atomic mass is 32.2. The van der Waals surface area contributed by atoms with E-state index in [0.29, 0.717) is 11.3 Å². The predicted octanol–water partition coefficient (Wildman–Crippen LogP) is 3.91. The van der Waals surface area contributed by atoms with Crippen LogP contribution in [0.15, 0.2) is 107 Å². The molecule has 1 unspecified atom stereocenters. The van der Waals surface area contributed by atoms with E-state index in [1.165, 1.54) is 10.4 Å². The first-order valence-electron chi connectivity index (χ1n) is 12.8. The van der Waals surface area contributed by atoms with Crippen molar-refractivity contribution >= 4 is 38.9 Å². The second kappa shape index (κ2) is 12.1. The summed E-state index contributed by atoms with van der Waals surface area (Å²) >= 11 is 1.09. The van der Waals surface area contributed by atoms with Crippen molar-refractivity contribution in [2.45, 2.75) is 22.8 Å². The van der Waals surface area contributed by atoms with Crippen molar-refractivity contribution in [2.24, 2.45) is 0 Å². The van der Waals surface area contributed by atoms with Gasteiger partial charge in [-0.2, -0.15) is 4.31 Å². The molecule has 0 bridgehead atoms. The van der Waals surface area contributed by atoms with Crippen molar-refractivity contribution in [3.05, 3.63) is 119 Å². The molecule has 2 amide bonds. The van der Waals surface area contributed by atoms with Crippen molar-refractivity contribution in [2.75, 3.05) is 25.0 Å². The van der Waals surface area contributed by atoms with E-state index in [-0.39, 0.29) is 36.4 Å². The maximum atomic E-state index is 14.1. The van der Waals surface area contributed by atoms with E-state index in [4.69, 9.17) is 0 Å². The molecule has 1 aromatic heterocycles. The molecule has 0 saturated carbocycles. The molecule has 2 N–H and O–H groups in total. The highest BCUT2D eigenvalue weighted by Gasteiger charge is 2.43. The Hall–Kier alpha value is -3.83. The van der Waals surface area contributed by atoms with Crippen LogP contribution in [0, 0.1) is 0 Å². The number of hydrogen-bond acceptors (Lipinski definition) is 6. The SMILES string of the molecule is O=C(Nc1ccc(CO)cc1)C1CN(C(=O)C(c2ccccc2)c2ccccc2)CCN1S(=O)(=O)c1cccs1. The van der Waals surface area contributed by atoms with Gasteiger partial charge in [0.15, 0.2) is 0 Å². The number of amides is 2. The zero-order valence-corrected chi connectivity index (χ0v) is 23.2. The maximum absolute atomic E-state index is 14.1. The van der Waals surface area contributed by atoms with Gasteiger partial charge in [0.2, 0.25) is 11.8 Å². The van der Waals surface area contributed by atoms with Crippen LogP contribution in [0.5, 0.6) is 0 Å². The lowest BCUT2D eigenvalue weighted by molar-refractivity contribution is -0.135. The minimum atomic E-state index is -3.97. The lowest BCUT2D eigenvalue weighted by atomic mass is 9.89. The number of anilines is 1. The number of benzene rings is 3. The number of hydrogen-bond donors (Lipinski definition) is 2. The second-order valence-corrected chi connectivity index (χ2v) is 12.5. The molecular formula is C30H29N3O5S2. The molecule has 1 fully saturated rings. The Labute approximate surface area is 237 Å². The van der Waals surface area contributed by atoms with E-state index < -0.39 is 27.9 Å². The molecule has 1 atom stereocenters. The van der Waals surface area contributed by atoms with Gasteiger partial charge in [0.25, 0.3) is 10.0 Å². The summed E-state index contributed by atoms with van der Waals surface area (Å²) in [6.45, 7) is -0.108. The van der Waals surface area contributed by atoms with Gasteiger partial charge in [-0.1, -0.05) is 78.9 Å². The van der Waals surface area contributed by atoms with Gasteiger partial charge < -0.3 is 15.3 Å². The number of nitrogens with zero attached hydrogens (tertiary/aromatic N) is 2. The number of sulfonamides is 1. The van der Waals surface area contributed by atoms with E-state index in [0.717, 1.165) is 22.5 Å². The first-order chi connectivity index (χ1) is 19.4. The highest BCUT2D eigenvalue weighted by molar-refractivity contribution is 7.91. The van der Waals surface area contributed by atoms with Crippen LogP contribution in [0.1, 0.15) is 22.6 Å². The molecule has 1 aliphatic heterocycles. The van der Waals surface area contributed by atoms with Crippen LogP contribution >= 0.6 is 11.3 Å². The number of piperazine rings is 1. The number of carbonyl (C=O) groups excluding carboxylic acids is 2. The third kappa shape index (κ3) is 5.85. The molecule has 3 aromatic carbocycles. The standard InChI is InChI=1S/C30H29N3O5S2/c34-21-22-13-15-25(16-14-22)31-29(35)26-20-32(17-18-33(26)40(37,38)27-12-7-19-39-27)30(36)28(23-8-3-1-4-9-23)24-10-5-2-6-11-24/h1-16,19,26,28,34H,17-18,20-21H2,(H,31,35). The number of aliphatic hydroxyl groups is 1. The number of rotatable bonds is 8. The lowest BCUT2D eigenvalue weighted by Gasteiger charge is -2.40. The van der Waals surface area contributed by atoms with Crippen molar-refractivity contribution in [1.82, 2.24) is 9.21 Å². The summed E-state index contributed by atoms with van der Waals surface area (Å²) in [7, 11) is -3.97. The van der Waals surface area contributed by atoms with Gasteiger partial charge >= 0.3 is 0 Å². The summed E-state index contributed by atoms with van der Waals surface area (Å²) in [5, 5.41) is 13.8. The Bertz CT molecular complexity index is 1500. The van der Waals surface area contributed by atoms with Crippen LogP contribution in [-0.4, -0.2) is 60.2 Å². The Morgan fingerprint density at radius 3 is 2.05 bits per heavy atom. The minimum Gasteiger partial charge on any atom is -0.392 e. The topological polar surface area (TPSA) is 107 Å². The van der Waals surface area contributed by atoms with Gasteiger partial charge in [-0.25, -0.2) is 8.42 Å². The van der Waals surface area contributed by atoms with Crippen LogP contribution in [0.2, 0.25) is 0 Å². The molecule has 10 heteroatoms. The second-order valence-electron chi connectivity index (χ2n) is 9.45. The molecule has 1 aliphatic rings. The van der Waals surface area contributed by atoms with Gasteiger partial charge in [0.1, 0.15) is 10.3 Å². The molecular weight excluding hydrogens is 546 g/mol. The van der Waals surface area contributed by atoms with Crippen molar-refractivity contribution in [1.29, 1.82) is 0 Å². The molecule has 1 saturated heterocycles. The fourth-order valence-electron chi connectivity index (χ4n) is 4.86. The normalized spacial score (nSPS) is 16.1. The summed E-state index contributed by atoms with van der Waals surface area (Å²) in [6, 6.07) is 27.5. The lowest BCUT2D eigenvalue weighted by Crippen LogP contribution is -2.60. The largest absolute Gasteiger partial charge is 0.392 e. The Balaban J connectivity index is 1.46. The van der Waals surface area contributed by atoms with Gasteiger partial charge in [-0.15, -0.1) is 11.3 Å². The number of nitrogens with one attached hydrogen (secondary N) is 1. The summed E-state index contributed by atoms with van der Waals surface area (Å²) < 4.78 is 28.5. The fourth-order valence-corrected chi connectivity index (χ4v) is 7.55. The van der Waals surface area contributed by atoms with Crippen LogP contribution in [0.4, 0.5) is 5.69 Å². The van der Waals surface area contributed by atoms with E-state index in [1.54, 1.807) is 40.6 Å². The first-order valence-corrected chi connectivity index (χ1v) is 15.1. The monoisotopic (exact) mass is 575 g/mol. The van der Waals surface area contributed by atoms with E-state index >= 15 is 0 Å². The highest BCUT2D eigenvalue weighted by Crippen LogP contribution is 2.30. The van der Waals surface area contributed by atoms with E-state index in [9.17, 15) is 23.1 Å². The Morgan fingerprint density at radius 2 is 1.50 bits per heavy atom. The smallest absolute Gasteiger partial charge is 0.253 e. The van der Waals surface area contributed by atoms with Gasteiger partial charge in [-0.3, -0.25) is 9.59 Å². The zero-order chi connectivity index (χ0) is 28.1. The summed E-state index contributed by atoms with van der Waals surface area (Å²) in [6.07, 6.45) is 0. The van der Waals surface area contributed by atoms with Gasteiger partial charge in [0, 0.05) is 25.3 Å². The fraction of sp³-hybridized carbons (Fsp3) is 0.200. The van der Waals surface area contributed by atoms with Crippen molar-refractivity contribution < 1.29 is 23.1 Å².